The quantitative estimate of drug-likeness (QED) is 0.0553. The van der Waals surface area contributed by atoms with Gasteiger partial charge in [-0.1, -0.05) is 136 Å². The van der Waals surface area contributed by atoms with Gasteiger partial charge in [0.2, 0.25) is 0 Å². The molecule has 0 atom stereocenters. The molecule has 2 heterocycles. The van der Waals surface area contributed by atoms with Crippen molar-refractivity contribution in [1.82, 2.24) is 9.97 Å². The number of hydrogen-bond acceptors (Lipinski definition) is 5. The molecule has 1 saturated carbocycles. The SMILES string of the molecule is CCC(CC)C(=O)/C=C(\O)C(CC)CC.[2H]C1(c2ccc3c(c2)sc2c(-c4[c-]c5ccccc5c([Si](CC)(CC)CC)c4)ncnc23)CC(C)(C)CC(C)(C)C1.[Ir]. The molecule has 5 aromatic rings. The average Bonchev–Trinajstić information content (AvgIpc) is 3.54. The number of carbonyl (C=O) groups excluding carboxylic acids is 1. The smallest absolute Gasteiger partial charge is 0.162 e. The van der Waals surface area contributed by atoms with Gasteiger partial charge in [0.25, 0.3) is 0 Å². The van der Waals surface area contributed by atoms with E-state index < -0.39 is 14.0 Å². The molecule has 0 saturated heterocycles. The minimum Gasteiger partial charge on any atom is -0.512 e. The van der Waals surface area contributed by atoms with Gasteiger partial charge in [0.05, 0.1) is 19.3 Å². The maximum atomic E-state index is 11.7. The molecule has 0 amide bonds. The van der Waals surface area contributed by atoms with Crippen LogP contribution in [0.25, 0.3) is 42.3 Å². The summed E-state index contributed by atoms with van der Waals surface area (Å²) in [4.78, 5) is 21.4. The van der Waals surface area contributed by atoms with E-state index in [0.29, 0.717) is 0 Å². The molecule has 4 nitrogen and oxygen atoms in total. The van der Waals surface area contributed by atoms with Crippen LogP contribution < -0.4 is 5.19 Å². The monoisotopic (exact) mass is 969 g/mol. The first-order valence-electron chi connectivity index (χ1n) is 21.6. The Labute approximate surface area is 358 Å². The second-order valence-electron chi connectivity index (χ2n) is 17.7. The predicted molar refractivity (Wildman–Crippen MR) is 242 cm³/mol. The van der Waals surface area contributed by atoms with Crippen molar-refractivity contribution in [2.45, 2.75) is 145 Å². The van der Waals surface area contributed by atoms with Gasteiger partial charge in [-0.2, -0.15) is 0 Å². The Balaban J connectivity index is 0.000000385. The van der Waals surface area contributed by atoms with Crippen molar-refractivity contribution in [1.29, 1.82) is 0 Å². The fourth-order valence-corrected chi connectivity index (χ4v) is 14.8. The van der Waals surface area contributed by atoms with Crippen molar-refractivity contribution in [2.24, 2.45) is 22.7 Å². The number of aromatic nitrogens is 2. The van der Waals surface area contributed by atoms with E-state index in [0.717, 1.165) is 77.4 Å². The molecule has 1 aliphatic rings. The van der Waals surface area contributed by atoms with Gasteiger partial charge < -0.3 is 5.11 Å². The molecule has 2 aromatic heterocycles. The Morgan fingerprint density at radius 1 is 0.893 bits per heavy atom. The number of ketones is 1. The first-order valence-corrected chi connectivity index (χ1v) is 24.5. The second kappa shape index (κ2) is 19.4. The molecule has 7 heteroatoms. The van der Waals surface area contributed by atoms with Crippen molar-refractivity contribution in [3.05, 3.63) is 78.3 Å². The van der Waals surface area contributed by atoms with Crippen LogP contribution in [0.1, 0.15) is 134 Å². The molecule has 305 valence electrons. The standard InChI is InChI=1S/C36H43N2SSi.C13H24O2.Ir/c1-8-40(9-2,10-3)31-19-26(17-25-13-11-12-14-28(25)31)32-34-33(38-23-37-32)29-16-15-24(18-30(29)39-34)27-20-35(4,5)22-36(6,7)21-27;1-5-10(6-2)12(14)9-13(15)11(7-3)8-4;/h11-16,18-19,23,27H,8-10,20-22H2,1-7H3;9-11,14H,5-8H2,1-4H3;/q-1;;/b;12-9-;/i27D;;. The van der Waals surface area contributed by atoms with Gasteiger partial charge in [-0.3, -0.25) is 9.78 Å². The van der Waals surface area contributed by atoms with E-state index in [-0.39, 0.29) is 54.3 Å². The summed E-state index contributed by atoms with van der Waals surface area (Å²) >= 11 is 1.78. The maximum Gasteiger partial charge on any atom is 0.162 e. The molecule has 0 unspecified atom stereocenters. The first-order chi connectivity index (χ1) is 26.5. The van der Waals surface area contributed by atoms with Crippen LogP contribution in [0.4, 0.5) is 0 Å². The van der Waals surface area contributed by atoms with Crippen LogP contribution in [0.3, 0.4) is 0 Å². The number of fused-ring (bicyclic) bond motifs is 4. The van der Waals surface area contributed by atoms with Crippen LogP contribution in [0, 0.1) is 28.7 Å². The molecule has 3 aromatic carbocycles. The first kappa shape index (κ1) is 44.4. The number of aliphatic hydroxyl groups excluding tert-OH is 1. The van der Waals surface area contributed by atoms with E-state index in [9.17, 15) is 11.3 Å². The largest absolute Gasteiger partial charge is 0.512 e. The molecular weight excluding hydrogens is 901 g/mol. The minimum atomic E-state index is -1.66. The Morgan fingerprint density at radius 2 is 1.50 bits per heavy atom. The van der Waals surface area contributed by atoms with E-state index >= 15 is 0 Å². The van der Waals surface area contributed by atoms with E-state index in [1.54, 1.807) is 22.9 Å². The number of nitrogens with zero attached hydrogens (tertiary/aromatic N) is 2. The molecule has 1 N–H and O–H groups in total. The number of rotatable bonds is 13. The van der Waals surface area contributed by atoms with Crippen molar-refractivity contribution >= 4 is 61.5 Å². The van der Waals surface area contributed by atoms with Crippen molar-refractivity contribution < 1.29 is 31.4 Å². The van der Waals surface area contributed by atoms with Gasteiger partial charge in [-0.05, 0) is 73.3 Å². The zero-order valence-electron chi connectivity index (χ0n) is 37.0. The summed E-state index contributed by atoms with van der Waals surface area (Å²) < 4.78 is 12.0. The Morgan fingerprint density at radius 3 is 2.09 bits per heavy atom. The summed E-state index contributed by atoms with van der Waals surface area (Å²) in [6, 6.07) is 25.4. The van der Waals surface area contributed by atoms with Crippen LogP contribution in [0.15, 0.2) is 66.7 Å². The Bertz CT molecular complexity index is 2160. The van der Waals surface area contributed by atoms with E-state index in [1.807, 2.05) is 27.7 Å². The topological polar surface area (TPSA) is 63.1 Å². The third kappa shape index (κ3) is 9.93. The molecular formula is C49H67IrN2O2SSi-. The molecule has 1 radical (unpaired) electrons. The zero-order chi connectivity index (χ0) is 41.1. The summed E-state index contributed by atoms with van der Waals surface area (Å²) in [5, 5.41) is 15.0. The summed E-state index contributed by atoms with van der Waals surface area (Å²) in [6.45, 7) is 24.5. The normalized spacial score (nSPS) is 16.8. The molecule has 56 heavy (non-hydrogen) atoms. The summed E-state index contributed by atoms with van der Waals surface area (Å²) in [5.41, 5.74) is 4.51. The maximum absolute atomic E-state index is 11.7. The second-order valence-corrected chi connectivity index (χ2v) is 23.9. The predicted octanol–water partition coefficient (Wildman–Crippen LogP) is 14.4. The summed E-state index contributed by atoms with van der Waals surface area (Å²) in [7, 11) is -1.66. The molecule has 1 fully saturated rings. The molecule has 1 aliphatic carbocycles. The summed E-state index contributed by atoms with van der Waals surface area (Å²) in [6.07, 6.45) is 9.56. The molecule has 0 aliphatic heterocycles. The average molecular weight is 969 g/mol. The summed E-state index contributed by atoms with van der Waals surface area (Å²) in [5.74, 6) is -0.0364. The van der Waals surface area contributed by atoms with Gasteiger partial charge in [0.15, 0.2) is 5.78 Å². The minimum absolute atomic E-state index is 0. The molecule has 0 bridgehead atoms. The fourth-order valence-electron chi connectivity index (χ4n) is 9.73. The Kier molecular flexibility index (Phi) is 15.4. The van der Waals surface area contributed by atoms with Gasteiger partial charge >= 0.3 is 0 Å². The van der Waals surface area contributed by atoms with Gasteiger partial charge in [-0.25, -0.2) is 4.98 Å². The molecule has 0 spiro atoms. The van der Waals surface area contributed by atoms with E-state index in [2.05, 4.69) is 103 Å². The van der Waals surface area contributed by atoms with Crippen LogP contribution in [0.2, 0.25) is 18.1 Å². The van der Waals surface area contributed by atoms with Gasteiger partial charge in [0.1, 0.15) is 6.33 Å². The number of thiophene rings is 1. The van der Waals surface area contributed by atoms with E-state index in [1.165, 1.54) is 39.7 Å². The number of benzene rings is 3. The van der Waals surface area contributed by atoms with Crippen LogP contribution in [-0.4, -0.2) is 28.9 Å². The number of hydrogen-bond donors (Lipinski definition) is 1. The van der Waals surface area contributed by atoms with Gasteiger partial charge in [0, 0.05) is 59.9 Å². The zero-order valence-corrected chi connectivity index (χ0v) is 40.2. The number of carbonyl (C=O) groups is 1. The number of aliphatic hydroxyl groups is 1. The van der Waals surface area contributed by atoms with Crippen LogP contribution >= 0.6 is 11.3 Å². The fraction of sp³-hybridized carbons (Fsp3) is 0.531. The van der Waals surface area contributed by atoms with Crippen LogP contribution in [0.5, 0.6) is 0 Å². The van der Waals surface area contributed by atoms with Crippen molar-refractivity contribution in [3.63, 3.8) is 0 Å². The third-order valence-electron chi connectivity index (χ3n) is 12.7. The van der Waals surface area contributed by atoms with Crippen molar-refractivity contribution in [2.75, 3.05) is 0 Å². The molecule has 6 rings (SSSR count). The van der Waals surface area contributed by atoms with Crippen LogP contribution in [-0.2, 0) is 24.9 Å². The Hall–Kier alpha value is -2.70. The van der Waals surface area contributed by atoms with Gasteiger partial charge in [-0.15, -0.1) is 40.1 Å². The number of allylic oxidation sites excluding steroid dienone is 2. The van der Waals surface area contributed by atoms with E-state index in [4.69, 9.17) is 9.97 Å². The van der Waals surface area contributed by atoms with Crippen molar-refractivity contribution in [3.8, 4) is 11.3 Å². The third-order valence-corrected chi connectivity index (χ3v) is 19.5.